The summed E-state index contributed by atoms with van der Waals surface area (Å²) in [4.78, 5) is 10.8. The number of nitrogens with zero attached hydrogens (tertiary/aromatic N) is 2. The zero-order valence-corrected chi connectivity index (χ0v) is 13.8. The molecule has 0 saturated carbocycles. The molecule has 1 aliphatic heterocycles. The molecule has 0 atom stereocenters. The molecule has 1 aliphatic rings. The number of piperidine rings is 1. The highest BCUT2D eigenvalue weighted by Gasteiger charge is 2.44. The molecular formula is C16H32N2O. The van der Waals surface area contributed by atoms with Gasteiger partial charge in [-0.25, -0.2) is 0 Å². The zero-order chi connectivity index (χ0) is 14.5. The summed E-state index contributed by atoms with van der Waals surface area (Å²) in [5, 5.41) is 2.21. The minimum Gasteiger partial charge on any atom is -0.298 e. The van der Waals surface area contributed by atoms with Gasteiger partial charge in [-0.05, 0) is 40.5 Å². The van der Waals surface area contributed by atoms with Crippen molar-refractivity contribution in [3.8, 4) is 0 Å². The Balaban J connectivity index is 2.78. The van der Waals surface area contributed by atoms with Crippen LogP contribution in [0, 0.1) is 0 Å². The third-order valence-electron chi connectivity index (χ3n) is 3.64. The molecule has 1 saturated heterocycles. The molecule has 0 unspecified atom stereocenters. The van der Waals surface area contributed by atoms with Gasteiger partial charge < -0.3 is 0 Å². The topological polar surface area (TPSA) is 24.8 Å². The molecule has 0 spiro atoms. The third kappa shape index (κ3) is 4.57. The van der Waals surface area contributed by atoms with E-state index in [1.807, 2.05) is 0 Å². The number of unbranched alkanes of at least 4 members (excludes halogenated alkanes) is 1. The van der Waals surface area contributed by atoms with Gasteiger partial charge in [-0.2, -0.15) is 5.06 Å². The largest absolute Gasteiger partial charge is 0.298 e. The van der Waals surface area contributed by atoms with Crippen LogP contribution in [0.2, 0.25) is 0 Å². The fourth-order valence-corrected chi connectivity index (χ4v) is 3.06. The summed E-state index contributed by atoms with van der Waals surface area (Å²) in [6.07, 6.45) is 5.50. The van der Waals surface area contributed by atoms with Gasteiger partial charge in [-0.1, -0.05) is 20.3 Å². The van der Waals surface area contributed by atoms with Gasteiger partial charge in [0.1, 0.15) is 0 Å². The molecule has 1 heterocycles. The minimum atomic E-state index is 0.0297. The van der Waals surface area contributed by atoms with Crippen LogP contribution in [0.15, 0.2) is 4.99 Å². The molecule has 3 heteroatoms. The first-order chi connectivity index (χ1) is 8.83. The first-order valence-electron chi connectivity index (χ1n) is 7.79. The average molecular weight is 268 g/mol. The molecule has 0 aromatic heterocycles. The van der Waals surface area contributed by atoms with Crippen LogP contribution in [0.5, 0.6) is 0 Å². The minimum absolute atomic E-state index is 0.0297. The Kier molecular flexibility index (Phi) is 6.00. The fraction of sp³-hybridized carbons (Fsp3) is 0.938. The smallest absolute Gasteiger partial charge is 0.0683 e. The summed E-state index contributed by atoms with van der Waals surface area (Å²) in [6, 6.07) is 0. The van der Waals surface area contributed by atoms with E-state index in [4.69, 9.17) is 9.83 Å². The Morgan fingerprint density at radius 2 is 1.63 bits per heavy atom. The molecule has 3 nitrogen and oxygen atoms in total. The van der Waals surface area contributed by atoms with Crippen molar-refractivity contribution in [3.05, 3.63) is 0 Å². The van der Waals surface area contributed by atoms with Crippen molar-refractivity contribution in [2.75, 3.05) is 13.2 Å². The van der Waals surface area contributed by atoms with Gasteiger partial charge in [0.2, 0.25) is 0 Å². The van der Waals surface area contributed by atoms with Crippen LogP contribution in [0.3, 0.4) is 0 Å². The zero-order valence-electron chi connectivity index (χ0n) is 13.8. The van der Waals surface area contributed by atoms with Gasteiger partial charge in [0.15, 0.2) is 0 Å². The highest BCUT2D eigenvalue weighted by atomic mass is 16.7. The Morgan fingerprint density at radius 1 is 1.05 bits per heavy atom. The van der Waals surface area contributed by atoms with E-state index in [-0.39, 0.29) is 11.1 Å². The SMILES string of the molecule is CCCCN=C1CC(C)(C)N(OCCC)C(C)(C)C1. The summed E-state index contributed by atoms with van der Waals surface area (Å²) in [5.41, 5.74) is 1.42. The molecule has 0 bridgehead atoms. The lowest BCUT2D eigenvalue weighted by molar-refractivity contribution is -0.268. The predicted molar refractivity (Wildman–Crippen MR) is 82.7 cm³/mol. The van der Waals surface area contributed by atoms with E-state index in [0.29, 0.717) is 0 Å². The monoisotopic (exact) mass is 268 g/mol. The van der Waals surface area contributed by atoms with E-state index < -0.39 is 0 Å². The molecule has 112 valence electrons. The fourth-order valence-electron chi connectivity index (χ4n) is 3.06. The lowest BCUT2D eigenvalue weighted by Gasteiger charge is -2.51. The molecule has 0 radical (unpaired) electrons. The van der Waals surface area contributed by atoms with Gasteiger partial charge in [0, 0.05) is 36.2 Å². The Hall–Kier alpha value is -0.410. The maximum absolute atomic E-state index is 6.01. The first-order valence-corrected chi connectivity index (χ1v) is 7.79. The molecule has 0 aromatic carbocycles. The van der Waals surface area contributed by atoms with Crippen LogP contribution in [0.4, 0.5) is 0 Å². The van der Waals surface area contributed by atoms with E-state index >= 15 is 0 Å². The van der Waals surface area contributed by atoms with Gasteiger partial charge in [0.05, 0.1) is 6.61 Å². The summed E-state index contributed by atoms with van der Waals surface area (Å²) in [7, 11) is 0. The molecule has 0 N–H and O–H groups in total. The van der Waals surface area contributed by atoms with Gasteiger partial charge in [0.25, 0.3) is 0 Å². The molecule has 1 rings (SSSR count). The Labute approximate surface area is 119 Å². The van der Waals surface area contributed by atoms with Crippen molar-refractivity contribution >= 4 is 5.71 Å². The molecular weight excluding hydrogens is 236 g/mol. The number of hydroxylamine groups is 2. The standard InChI is InChI=1S/C16H32N2O/c1-7-9-10-17-14-12-15(3,4)18(19-11-8-2)16(5,6)13-14/h7-13H2,1-6H3. The van der Waals surface area contributed by atoms with Gasteiger partial charge >= 0.3 is 0 Å². The summed E-state index contributed by atoms with van der Waals surface area (Å²) in [6.45, 7) is 15.2. The summed E-state index contributed by atoms with van der Waals surface area (Å²) >= 11 is 0. The van der Waals surface area contributed by atoms with Crippen LogP contribution >= 0.6 is 0 Å². The number of hydrogen-bond acceptors (Lipinski definition) is 3. The second-order valence-corrected chi connectivity index (χ2v) is 6.91. The molecule has 0 amide bonds. The lowest BCUT2D eigenvalue weighted by Crippen LogP contribution is -2.60. The average Bonchev–Trinajstić information content (AvgIpc) is 2.26. The molecule has 0 aliphatic carbocycles. The number of hydrogen-bond donors (Lipinski definition) is 0. The Morgan fingerprint density at radius 3 is 2.11 bits per heavy atom. The summed E-state index contributed by atoms with van der Waals surface area (Å²) < 4.78 is 0. The van der Waals surface area contributed by atoms with Crippen LogP contribution < -0.4 is 0 Å². The van der Waals surface area contributed by atoms with Crippen molar-refractivity contribution in [3.63, 3.8) is 0 Å². The van der Waals surface area contributed by atoms with Crippen LogP contribution in [-0.2, 0) is 4.84 Å². The molecule has 0 aromatic rings. The Bertz CT molecular complexity index is 288. The van der Waals surface area contributed by atoms with Crippen molar-refractivity contribution < 1.29 is 4.84 Å². The molecule has 1 fully saturated rings. The van der Waals surface area contributed by atoms with Crippen LogP contribution in [0.1, 0.15) is 73.6 Å². The highest BCUT2D eigenvalue weighted by molar-refractivity contribution is 5.87. The maximum Gasteiger partial charge on any atom is 0.0683 e. The van der Waals surface area contributed by atoms with E-state index in [0.717, 1.165) is 32.4 Å². The predicted octanol–water partition coefficient (Wildman–Crippen LogP) is 4.22. The third-order valence-corrected chi connectivity index (χ3v) is 3.64. The van der Waals surface area contributed by atoms with E-state index in [9.17, 15) is 0 Å². The van der Waals surface area contributed by atoms with Gasteiger partial charge in [-0.3, -0.25) is 9.83 Å². The quantitative estimate of drug-likeness (QED) is 0.674. The van der Waals surface area contributed by atoms with Crippen molar-refractivity contribution in [1.29, 1.82) is 0 Å². The lowest BCUT2D eigenvalue weighted by atomic mass is 9.80. The van der Waals surface area contributed by atoms with E-state index in [1.165, 1.54) is 18.6 Å². The first kappa shape index (κ1) is 16.6. The summed E-state index contributed by atoms with van der Waals surface area (Å²) in [5.74, 6) is 0. The van der Waals surface area contributed by atoms with Crippen molar-refractivity contribution in [1.82, 2.24) is 5.06 Å². The van der Waals surface area contributed by atoms with Crippen LogP contribution in [-0.4, -0.2) is 35.0 Å². The molecule has 19 heavy (non-hydrogen) atoms. The van der Waals surface area contributed by atoms with Crippen molar-refractivity contribution in [2.45, 2.75) is 84.7 Å². The second-order valence-electron chi connectivity index (χ2n) is 6.91. The van der Waals surface area contributed by atoms with Crippen molar-refractivity contribution in [2.24, 2.45) is 4.99 Å². The van der Waals surface area contributed by atoms with Crippen LogP contribution in [0.25, 0.3) is 0 Å². The number of rotatable bonds is 6. The second kappa shape index (κ2) is 6.85. The maximum atomic E-state index is 6.01. The normalized spacial score (nSPS) is 22.5. The van der Waals surface area contributed by atoms with E-state index in [2.05, 4.69) is 46.6 Å². The highest BCUT2D eigenvalue weighted by Crippen LogP contribution is 2.37. The van der Waals surface area contributed by atoms with E-state index in [1.54, 1.807) is 0 Å². The van der Waals surface area contributed by atoms with Gasteiger partial charge in [-0.15, -0.1) is 0 Å². The number of aliphatic imine (C=N–C) groups is 1.